The molecule has 0 unspecified atom stereocenters. The lowest BCUT2D eigenvalue weighted by Gasteiger charge is -2.20. The molecule has 0 aliphatic carbocycles. The molecule has 5 nitrogen and oxygen atoms in total. The largest absolute Gasteiger partial charge is 0.573 e. The molecule has 1 aliphatic rings. The molecule has 0 radical (unpaired) electrons. The van der Waals surface area contributed by atoms with Crippen molar-refractivity contribution in [2.45, 2.75) is 40.2 Å². The molecule has 0 saturated heterocycles. The zero-order chi connectivity index (χ0) is 21.4. The number of para-hydroxylation sites is 1. The van der Waals surface area contributed by atoms with E-state index < -0.39 is 23.4 Å². The van der Waals surface area contributed by atoms with E-state index in [-0.39, 0.29) is 11.3 Å². The highest BCUT2D eigenvalue weighted by atomic mass is 32.1. The number of Topliss-reactive ketones (excluding diaryl/α,β-unsaturated/α-hetero) is 1. The first-order chi connectivity index (χ1) is 13.5. The third kappa shape index (κ3) is 4.79. The van der Waals surface area contributed by atoms with E-state index in [1.165, 1.54) is 29.5 Å². The number of alkyl halides is 3. The minimum absolute atomic E-state index is 0.146. The van der Waals surface area contributed by atoms with Gasteiger partial charge < -0.3 is 14.8 Å². The predicted octanol–water partition coefficient (Wildman–Crippen LogP) is 5.20. The Morgan fingerprint density at radius 1 is 1.17 bits per heavy atom. The van der Waals surface area contributed by atoms with Gasteiger partial charge in [-0.2, -0.15) is 0 Å². The second-order valence-electron chi connectivity index (χ2n) is 7.59. The number of ether oxygens (including phenoxy) is 2. The van der Waals surface area contributed by atoms with E-state index in [1.54, 1.807) is 20.8 Å². The normalized spacial score (nSPS) is 14.3. The molecule has 0 atom stereocenters. The Hall–Kier alpha value is -2.39. The van der Waals surface area contributed by atoms with Crippen LogP contribution in [-0.2, 0) is 17.8 Å². The van der Waals surface area contributed by atoms with Crippen molar-refractivity contribution in [2.75, 3.05) is 11.9 Å². The number of carbonyl (C=O) groups is 2. The lowest BCUT2D eigenvalue weighted by atomic mass is 9.84. The Morgan fingerprint density at radius 2 is 1.86 bits per heavy atom. The zero-order valence-corrected chi connectivity index (χ0v) is 16.9. The van der Waals surface area contributed by atoms with Crippen LogP contribution < -0.4 is 10.1 Å². The van der Waals surface area contributed by atoms with Crippen molar-refractivity contribution in [3.8, 4) is 5.75 Å². The molecule has 9 heteroatoms. The lowest BCUT2D eigenvalue weighted by Crippen LogP contribution is -2.24. The summed E-state index contributed by atoms with van der Waals surface area (Å²) in [7, 11) is 0. The van der Waals surface area contributed by atoms with Gasteiger partial charge in [0, 0.05) is 10.3 Å². The highest BCUT2D eigenvalue weighted by Gasteiger charge is 2.35. The van der Waals surface area contributed by atoms with Gasteiger partial charge in [-0.25, -0.2) is 0 Å². The summed E-state index contributed by atoms with van der Waals surface area (Å²) >= 11 is 1.21. The first-order valence-corrected chi connectivity index (χ1v) is 9.72. The Bertz CT molecular complexity index is 944. The van der Waals surface area contributed by atoms with Gasteiger partial charge >= 0.3 is 6.36 Å². The number of amides is 1. The Balaban J connectivity index is 1.98. The van der Waals surface area contributed by atoms with E-state index in [2.05, 4.69) is 10.1 Å². The van der Waals surface area contributed by atoms with Crippen molar-refractivity contribution >= 4 is 28.0 Å². The van der Waals surface area contributed by atoms with Gasteiger partial charge in [0.2, 0.25) is 0 Å². The molecular formula is C20H20F3NO4S. The molecule has 0 saturated carbocycles. The second kappa shape index (κ2) is 7.79. The quantitative estimate of drug-likeness (QED) is 0.681. The number of carbonyl (C=O) groups excluding carboxylic acids is 2. The lowest BCUT2D eigenvalue weighted by molar-refractivity contribution is -0.274. The number of anilines is 1. The molecule has 1 N–H and O–H groups in total. The standard InChI is InChI=1S/C20H20F3NO4S/c1-19(2,3)16(25)15-12-8-9-27-10-14(12)29-18(15)24-17(26)11-6-4-5-7-13(11)28-20(21,22)23/h4-7H,8-10H2,1-3H3,(H,24,26). The summed E-state index contributed by atoms with van der Waals surface area (Å²) in [5, 5.41) is 2.93. The molecule has 1 aromatic heterocycles. The van der Waals surface area contributed by atoms with Crippen molar-refractivity contribution in [1.29, 1.82) is 0 Å². The van der Waals surface area contributed by atoms with Crippen molar-refractivity contribution in [3.05, 3.63) is 45.8 Å². The van der Waals surface area contributed by atoms with Crippen LogP contribution in [0, 0.1) is 5.41 Å². The third-order valence-corrected chi connectivity index (χ3v) is 5.43. The summed E-state index contributed by atoms with van der Waals surface area (Å²) in [4.78, 5) is 26.6. The number of halogens is 3. The van der Waals surface area contributed by atoms with Crippen LogP contribution in [0.4, 0.5) is 18.2 Å². The maximum Gasteiger partial charge on any atom is 0.573 e. The number of rotatable bonds is 4. The van der Waals surface area contributed by atoms with Gasteiger partial charge in [-0.05, 0) is 24.1 Å². The smallest absolute Gasteiger partial charge is 0.405 e. The van der Waals surface area contributed by atoms with E-state index in [0.717, 1.165) is 16.5 Å². The fourth-order valence-electron chi connectivity index (χ4n) is 2.97. The average Bonchev–Trinajstić information content (AvgIpc) is 2.96. The number of ketones is 1. The van der Waals surface area contributed by atoms with Crippen LogP contribution in [-0.4, -0.2) is 24.7 Å². The Labute approximate surface area is 169 Å². The van der Waals surface area contributed by atoms with E-state index >= 15 is 0 Å². The fourth-order valence-corrected chi connectivity index (χ4v) is 4.15. The zero-order valence-electron chi connectivity index (χ0n) is 16.1. The van der Waals surface area contributed by atoms with Crippen LogP contribution in [0.2, 0.25) is 0 Å². The van der Waals surface area contributed by atoms with E-state index in [0.29, 0.717) is 30.2 Å². The summed E-state index contributed by atoms with van der Waals surface area (Å²) in [6.07, 6.45) is -4.39. The van der Waals surface area contributed by atoms with Gasteiger partial charge in [0.15, 0.2) is 5.78 Å². The summed E-state index contributed by atoms with van der Waals surface area (Å²) in [5.41, 5.74) is 0.269. The molecule has 156 valence electrons. The molecule has 1 aliphatic heterocycles. The van der Waals surface area contributed by atoms with E-state index in [9.17, 15) is 22.8 Å². The second-order valence-corrected chi connectivity index (χ2v) is 8.69. The molecule has 1 aromatic carbocycles. The number of hydrogen-bond acceptors (Lipinski definition) is 5. The average molecular weight is 427 g/mol. The van der Waals surface area contributed by atoms with Crippen LogP contribution in [0.25, 0.3) is 0 Å². The Kier molecular flexibility index (Phi) is 5.73. The predicted molar refractivity (Wildman–Crippen MR) is 103 cm³/mol. The molecule has 1 amide bonds. The monoisotopic (exact) mass is 427 g/mol. The molecule has 3 rings (SSSR count). The van der Waals surface area contributed by atoms with E-state index in [1.807, 2.05) is 0 Å². The highest BCUT2D eigenvalue weighted by molar-refractivity contribution is 7.17. The molecule has 29 heavy (non-hydrogen) atoms. The van der Waals surface area contributed by atoms with Crippen molar-refractivity contribution in [3.63, 3.8) is 0 Å². The van der Waals surface area contributed by atoms with Gasteiger partial charge in [-0.15, -0.1) is 24.5 Å². The van der Waals surface area contributed by atoms with E-state index in [4.69, 9.17) is 4.74 Å². The van der Waals surface area contributed by atoms with Crippen molar-refractivity contribution in [1.82, 2.24) is 0 Å². The van der Waals surface area contributed by atoms with Gasteiger partial charge in [0.1, 0.15) is 10.8 Å². The maximum atomic E-state index is 13.0. The summed E-state index contributed by atoms with van der Waals surface area (Å²) in [6.45, 7) is 6.11. The fraction of sp³-hybridized carbons (Fsp3) is 0.400. The molecule has 2 heterocycles. The van der Waals surface area contributed by atoms with Crippen LogP contribution in [0.15, 0.2) is 24.3 Å². The Morgan fingerprint density at radius 3 is 2.52 bits per heavy atom. The number of hydrogen-bond donors (Lipinski definition) is 1. The number of thiophene rings is 1. The molecular weight excluding hydrogens is 407 g/mol. The first-order valence-electron chi connectivity index (χ1n) is 8.90. The number of fused-ring (bicyclic) bond motifs is 1. The highest BCUT2D eigenvalue weighted by Crippen LogP contribution is 2.40. The van der Waals surface area contributed by atoms with Crippen LogP contribution in [0.5, 0.6) is 5.75 Å². The minimum Gasteiger partial charge on any atom is -0.405 e. The summed E-state index contributed by atoms with van der Waals surface area (Å²) < 4.78 is 47.4. The number of nitrogens with one attached hydrogen (secondary N) is 1. The number of benzene rings is 1. The summed E-state index contributed by atoms with van der Waals surface area (Å²) in [5.74, 6) is -1.54. The molecule has 0 spiro atoms. The molecule has 0 bridgehead atoms. The molecule has 0 fully saturated rings. The van der Waals surface area contributed by atoms with Gasteiger partial charge in [-0.3, -0.25) is 9.59 Å². The minimum atomic E-state index is -4.93. The first kappa shape index (κ1) is 21.3. The summed E-state index contributed by atoms with van der Waals surface area (Å²) in [6, 6.07) is 5.08. The SMILES string of the molecule is CC(C)(C)C(=O)c1c(NC(=O)c2ccccc2OC(F)(F)F)sc2c1CCOC2. The third-order valence-electron chi connectivity index (χ3n) is 4.31. The van der Waals surface area contributed by atoms with Gasteiger partial charge in [-0.1, -0.05) is 32.9 Å². The van der Waals surface area contributed by atoms with Crippen LogP contribution in [0.3, 0.4) is 0 Å². The maximum absolute atomic E-state index is 13.0. The van der Waals surface area contributed by atoms with Crippen LogP contribution in [0.1, 0.15) is 51.9 Å². The van der Waals surface area contributed by atoms with Gasteiger partial charge in [0.25, 0.3) is 5.91 Å². The topological polar surface area (TPSA) is 64.6 Å². The van der Waals surface area contributed by atoms with Gasteiger partial charge in [0.05, 0.1) is 24.3 Å². The van der Waals surface area contributed by atoms with Crippen LogP contribution >= 0.6 is 11.3 Å². The van der Waals surface area contributed by atoms with Crippen molar-refractivity contribution < 1.29 is 32.2 Å². The van der Waals surface area contributed by atoms with Crippen molar-refractivity contribution in [2.24, 2.45) is 5.41 Å². The molecule has 2 aromatic rings.